The Balaban J connectivity index is 1.43. The molecule has 1 fully saturated rings. The van der Waals surface area contributed by atoms with Crippen LogP contribution >= 0.6 is 0 Å². The number of anilines is 1. The van der Waals surface area contributed by atoms with Crippen LogP contribution in [-0.2, 0) is 7.05 Å². The molecule has 0 amide bonds. The number of hydrogen-bond acceptors (Lipinski definition) is 6. The second kappa shape index (κ2) is 7.64. The first kappa shape index (κ1) is 19.5. The van der Waals surface area contributed by atoms with Gasteiger partial charge in [-0.1, -0.05) is 19.1 Å². The number of ketones is 1. The maximum absolute atomic E-state index is 12.6. The first-order valence-corrected chi connectivity index (χ1v) is 10.7. The molecule has 1 saturated heterocycles. The molecule has 4 heterocycles. The van der Waals surface area contributed by atoms with E-state index >= 15 is 0 Å². The van der Waals surface area contributed by atoms with Crippen molar-refractivity contribution < 1.29 is 4.79 Å². The number of carbonyl (C=O) groups excluding carboxylic acids is 1. The van der Waals surface area contributed by atoms with Gasteiger partial charge in [-0.05, 0) is 31.4 Å². The summed E-state index contributed by atoms with van der Waals surface area (Å²) in [5, 5.41) is 0. The molecule has 0 radical (unpaired) electrons. The number of aromatic amines is 1. The Hall–Kier alpha value is -3.49. The lowest BCUT2D eigenvalue weighted by Crippen LogP contribution is -2.37. The SMILES string of the molecule is CCCC(=O)c1nc2c(N3CCC(n4c(=O)[nH]c5ccccc54)CC3)ncnc2n1C. The minimum atomic E-state index is -0.0621. The molecule has 0 aliphatic carbocycles. The van der Waals surface area contributed by atoms with E-state index in [4.69, 9.17) is 0 Å². The number of aromatic nitrogens is 6. The standard InChI is InChI=1S/C22H25N7O2/c1-3-6-17(30)19-26-18-20(27(19)2)23-13-24-21(18)28-11-9-14(10-12-28)29-16-8-5-4-7-15(16)25-22(29)31/h4-5,7-8,13-14H,3,6,9-12H2,1-2H3,(H,25,31). The molecule has 31 heavy (non-hydrogen) atoms. The van der Waals surface area contributed by atoms with E-state index in [0.717, 1.165) is 49.2 Å². The number of hydrogen-bond donors (Lipinski definition) is 1. The molecule has 9 heteroatoms. The fraction of sp³-hybridized carbons (Fsp3) is 0.409. The Kier molecular flexibility index (Phi) is 4.80. The molecular formula is C22H25N7O2. The number of rotatable bonds is 5. The predicted octanol–water partition coefficient (Wildman–Crippen LogP) is 2.83. The third kappa shape index (κ3) is 3.20. The van der Waals surface area contributed by atoms with Crippen LogP contribution in [0, 0.1) is 0 Å². The molecule has 0 bridgehead atoms. The van der Waals surface area contributed by atoms with Gasteiger partial charge in [0.25, 0.3) is 0 Å². The zero-order valence-electron chi connectivity index (χ0n) is 17.7. The van der Waals surface area contributed by atoms with Crippen molar-refractivity contribution in [3.8, 4) is 0 Å². The highest BCUT2D eigenvalue weighted by Crippen LogP contribution is 2.30. The highest BCUT2D eigenvalue weighted by atomic mass is 16.1. The van der Waals surface area contributed by atoms with Gasteiger partial charge in [-0.25, -0.2) is 19.7 Å². The third-order valence-electron chi connectivity index (χ3n) is 6.12. The minimum absolute atomic E-state index is 0.0198. The minimum Gasteiger partial charge on any atom is -0.355 e. The van der Waals surface area contributed by atoms with E-state index in [9.17, 15) is 9.59 Å². The van der Waals surface area contributed by atoms with Crippen molar-refractivity contribution in [1.82, 2.24) is 29.1 Å². The molecular weight excluding hydrogens is 394 g/mol. The summed E-state index contributed by atoms with van der Waals surface area (Å²) >= 11 is 0. The fourth-order valence-corrected chi connectivity index (χ4v) is 4.58. The van der Waals surface area contributed by atoms with Crippen molar-refractivity contribution in [2.45, 2.75) is 38.6 Å². The molecule has 5 rings (SSSR count). The van der Waals surface area contributed by atoms with Crippen molar-refractivity contribution in [3.05, 3.63) is 46.9 Å². The van der Waals surface area contributed by atoms with Gasteiger partial charge < -0.3 is 14.5 Å². The van der Waals surface area contributed by atoms with Gasteiger partial charge in [0.15, 0.2) is 28.6 Å². The van der Waals surface area contributed by atoms with Crippen molar-refractivity contribution >= 4 is 33.8 Å². The number of para-hydroxylation sites is 2. The van der Waals surface area contributed by atoms with E-state index in [1.54, 1.807) is 4.57 Å². The quantitative estimate of drug-likeness (QED) is 0.499. The number of nitrogens with zero attached hydrogens (tertiary/aromatic N) is 6. The highest BCUT2D eigenvalue weighted by molar-refractivity contribution is 5.97. The highest BCUT2D eigenvalue weighted by Gasteiger charge is 2.27. The number of imidazole rings is 2. The maximum atomic E-state index is 12.6. The predicted molar refractivity (Wildman–Crippen MR) is 119 cm³/mol. The van der Waals surface area contributed by atoms with Crippen molar-refractivity contribution in [3.63, 3.8) is 0 Å². The summed E-state index contributed by atoms with van der Waals surface area (Å²) < 4.78 is 3.64. The molecule has 160 valence electrons. The summed E-state index contributed by atoms with van der Waals surface area (Å²) in [5.41, 5.74) is 3.07. The summed E-state index contributed by atoms with van der Waals surface area (Å²) in [7, 11) is 1.82. The Morgan fingerprint density at radius 3 is 2.74 bits per heavy atom. The van der Waals surface area contributed by atoms with Crippen LogP contribution in [0.5, 0.6) is 0 Å². The van der Waals surface area contributed by atoms with E-state index < -0.39 is 0 Å². The molecule has 9 nitrogen and oxygen atoms in total. The van der Waals surface area contributed by atoms with Crippen molar-refractivity contribution in [2.24, 2.45) is 7.05 Å². The van der Waals surface area contributed by atoms with Crippen LogP contribution in [0.2, 0.25) is 0 Å². The number of aryl methyl sites for hydroxylation is 1. The molecule has 1 aromatic carbocycles. The Morgan fingerprint density at radius 2 is 1.97 bits per heavy atom. The maximum Gasteiger partial charge on any atom is 0.326 e. The van der Waals surface area contributed by atoms with Crippen LogP contribution in [0.4, 0.5) is 5.82 Å². The van der Waals surface area contributed by atoms with Gasteiger partial charge in [-0.2, -0.15) is 0 Å². The summed E-state index contributed by atoms with van der Waals surface area (Å²) in [4.78, 5) is 43.6. The van der Waals surface area contributed by atoms with E-state index in [1.807, 2.05) is 42.8 Å². The lowest BCUT2D eigenvalue weighted by atomic mass is 10.0. The summed E-state index contributed by atoms with van der Waals surface area (Å²) in [6, 6.07) is 7.92. The van der Waals surface area contributed by atoms with Gasteiger partial charge in [0.2, 0.25) is 0 Å². The number of piperidine rings is 1. The average molecular weight is 419 g/mol. The molecule has 1 N–H and O–H groups in total. The van der Waals surface area contributed by atoms with Gasteiger partial charge >= 0.3 is 5.69 Å². The molecule has 3 aromatic heterocycles. The largest absolute Gasteiger partial charge is 0.355 e. The molecule has 0 atom stereocenters. The van der Waals surface area contributed by atoms with E-state index in [1.165, 1.54) is 6.33 Å². The first-order valence-electron chi connectivity index (χ1n) is 10.7. The fourth-order valence-electron chi connectivity index (χ4n) is 4.58. The van der Waals surface area contributed by atoms with Gasteiger partial charge in [-0.15, -0.1) is 0 Å². The number of fused-ring (bicyclic) bond motifs is 2. The lowest BCUT2D eigenvalue weighted by Gasteiger charge is -2.33. The summed E-state index contributed by atoms with van der Waals surface area (Å²) in [5.74, 6) is 1.20. The van der Waals surface area contributed by atoms with E-state index in [2.05, 4.69) is 24.8 Å². The third-order valence-corrected chi connectivity index (χ3v) is 6.12. The van der Waals surface area contributed by atoms with Crippen LogP contribution in [0.15, 0.2) is 35.4 Å². The number of Topliss-reactive ketones (excluding diaryl/α,β-unsaturated/α-hetero) is 1. The topological polar surface area (TPSA) is 102 Å². The molecule has 1 aliphatic rings. The van der Waals surface area contributed by atoms with Gasteiger partial charge in [0.05, 0.1) is 11.0 Å². The Bertz CT molecular complexity index is 1320. The van der Waals surface area contributed by atoms with E-state index in [-0.39, 0.29) is 17.5 Å². The summed E-state index contributed by atoms with van der Waals surface area (Å²) in [6.07, 6.45) is 4.42. The van der Waals surface area contributed by atoms with Gasteiger partial charge in [0.1, 0.15) is 6.33 Å². The normalized spacial score (nSPS) is 15.2. The number of carbonyl (C=O) groups is 1. The number of nitrogens with one attached hydrogen (secondary N) is 1. The smallest absolute Gasteiger partial charge is 0.326 e. The summed E-state index contributed by atoms with van der Waals surface area (Å²) in [6.45, 7) is 3.48. The van der Waals surface area contributed by atoms with Gasteiger partial charge in [0, 0.05) is 32.6 Å². The lowest BCUT2D eigenvalue weighted by molar-refractivity contribution is 0.0969. The second-order valence-corrected chi connectivity index (χ2v) is 8.07. The van der Waals surface area contributed by atoms with Crippen molar-refractivity contribution in [1.29, 1.82) is 0 Å². The van der Waals surface area contributed by atoms with Crippen LogP contribution in [-0.4, -0.2) is 47.9 Å². The average Bonchev–Trinajstić information content (AvgIpc) is 3.30. The first-order chi connectivity index (χ1) is 15.1. The van der Waals surface area contributed by atoms with E-state index in [0.29, 0.717) is 23.4 Å². The molecule has 4 aromatic rings. The van der Waals surface area contributed by atoms with Crippen molar-refractivity contribution in [2.75, 3.05) is 18.0 Å². The van der Waals surface area contributed by atoms with Crippen LogP contribution < -0.4 is 10.6 Å². The van der Waals surface area contributed by atoms with Crippen LogP contribution in [0.1, 0.15) is 49.3 Å². The Morgan fingerprint density at radius 1 is 1.19 bits per heavy atom. The Labute approximate surface area is 178 Å². The molecule has 0 unspecified atom stereocenters. The number of H-pyrrole nitrogens is 1. The molecule has 1 aliphatic heterocycles. The van der Waals surface area contributed by atoms with Gasteiger partial charge in [-0.3, -0.25) is 9.36 Å². The van der Waals surface area contributed by atoms with Crippen LogP contribution in [0.25, 0.3) is 22.2 Å². The molecule has 0 spiro atoms. The zero-order valence-corrected chi connectivity index (χ0v) is 17.7. The van der Waals surface area contributed by atoms with Crippen LogP contribution in [0.3, 0.4) is 0 Å². The number of benzene rings is 1. The monoisotopic (exact) mass is 419 g/mol. The zero-order chi connectivity index (χ0) is 21.5. The second-order valence-electron chi connectivity index (χ2n) is 8.07. The molecule has 0 saturated carbocycles.